The van der Waals surface area contributed by atoms with Crippen molar-refractivity contribution in [2.75, 3.05) is 14.1 Å². The molecule has 0 radical (unpaired) electrons. The van der Waals surface area contributed by atoms with Gasteiger partial charge in [-0.1, -0.05) is 29.5 Å². The monoisotopic (exact) mass is 344 g/mol. The van der Waals surface area contributed by atoms with Gasteiger partial charge in [0.1, 0.15) is 5.52 Å². The summed E-state index contributed by atoms with van der Waals surface area (Å²) in [6.07, 6.45) is 0. The first kappa shape index (κ1) is 16.3. The Morgan fingerprint density at radius 3 is 2.58 bits per heavy atom. The van der Waals surface area contributed by atoms with Gasteiger partial charge >= 0.3 is 0 Å². The summed E-state index contributed by atoms with van der Waals surface area (Å²) >= 11 is 0. The zero-order chi connectivity index (χ0) is 17.3. The van der Waals surface area contributed by atoms with Crippen molar-refractivity contribution >= 4 is 20.9 Å². The van der Waals surface area contributed by atoms with Gasteiger partial charge in [0.25, 0.3) is 5.56 Å². The molecule has 1 heterocycles. The second-order valence-corrected chi connectivity index (χ2v) is 7.66. The Bertz CT molecular complexity index is 1060. The molecule has 7 nitrogen and oxygen atoms in total. The van der Waals surface area contributed by atoms with Crippen molar-refractivity contribution in [3.63, 3.8) is 0 Å². The fourth-order valence-corrected chi connectivity index (χ4v) is 3.29. The molecule has 24 heavy (non-hydrogen) atoms. The molecule has 0 unspecified atom stereocenters. The summed E-state index contributed by atoms with van der Waals surface area (Å²) in [4.78, 5) is 12.6. The van der Waals surface area contributed by atoms with Crippen LogP contribution in [0.5, 0.6) is 0 Å². The van der Waals surface area contributed by atoms with Gasteiger partial charge in [-0.2, -0.15) is 0 Å². The first-order valence-corrected chi connectivity index (χ1v) is 8.67. The van der Waals surface area contributed by atoms with Gasteiger partial charge in [0, 0.05) is 14.1 Å². The molecule has 0 aliphatic rings. The highest BCUT2D eigenvalue weighted by molar-refractivity contribution is 7.89. The molecule has 124 valence electrons. The second kappa shape index (κ2) is 6.14. The number of sulfonamides is 1. The number of benzene rings is 2. The Morgan fingerprint density at radius 2 is 1.83 bits per heavy atom. The molecule has 0 saturated carbocycles. The highest BCUT2D eigenvalue weighted by Gasteiger charge is 2.17. The van der Waals surface area contributed by atoms with E-state index in [2.05, 4.69) is 10.3 Å². The molecule has 1 aromatic heterocycles. The lowest BCUT2D eigenvalue weighted by atomic mass is 10.2. The summed E-state index contributed by atoms with van der Waals surface area (Å²) < 4.78 is 26.8. The predicted molar refractivity (Wildman–Crippen MR) is 90.2 cm³/mol. The van der Waals surface area contributed by atoms with E-state index in [1.165, 1.54) is 24.8 Å². The molecule has 0 amide bonds. The van der Waals surface area contributed by atoms with Crippen molar-refractivity contribution in [1.29, 1.82) is 0 Å². The lowest BCUT2D eigenvalue weighted by molar-refractivity contribution is 0.520. The van der Waals surface area contributed by atoms with Gasteiger partial charge in [0.2, 0.25) is 10.0 Å². The quantitative estimate of drug-likeness (QED) is 0.707. The Balaban J connectivity index is 2.01. The van der Waals surface area contributed by atoms with Gasteiger partial charge in [-0.05, 0) is 29.8 Å². The van der Waals surface area contributed by atoms with Gasteiger partial charge < -0.3 is 0 Å². The molecule has 0 bridgehead atoms. The van der Waals surface area contributed by atoms with E-state index in [9.17, 15) is 13.2 Å². The molecule has 3 rings (SSSR count). The normalized spacial score (nSPS) is 12.0. The third-order valence-electron chi connectivity index (χ3n) is 3.64. The van der Waals surface area contributed by atoms with E-state index < -0.39 is 10.0 Å². The van der Waals surface area contributed by atoms with Crippen LogP contribution < -0.4 is 5.56 Å². The van der Waals surface area contributed by atoms with Gasteiger partial charge in [-0.3, -0.25) is 4.79 Å². The third kappa shape index (κ3) is 2.93. The van der Waals surface area contributed by atoms with Crippen molar-refractivity contribution in [2.45, 2.75) is 11.4 Å². The smallest absolute Gasteiger partial charge is 0.267 e. The summed E-state index contributed by atoms with van der Waals surface area (Å²) in [6, 6.07) is 13.4. The minimum Gasteiger partial charge on any atom is -0.267 e. The van der Waals surface area contributed by atoms with E-state index in [1.54, 1.807) is 42.5 Å². The average molecular weight is 344 g/mol. The Hall–Kier alpha value is -2.58. The minimum atomic E-state index is -3.53. The van der Waals surface area contributed by atoms with Crippen LogP contribution in [0.3, 0.4) is 0 Å². The highest BCUT2D eigenvalue weighted by atomic mass is 32.2. The molecule has 0 spiro atoms. The van der Waals surface area contributed by atoms with E-state index in [-0.39, 0.29) is 17.0 Å². The number of hydrogen-bond acceptors (Lipinski definition) is 5. The molecule has 8 heteroatoms. The summed E-state index contributed by atoms with van der Waals surface area (Å²) in [5.41, 5.74) is 0.925. The minimum absolute atomic E-state index is 0.146. The molecule has 3 aromatic rings. The van der Waals surface area contributed by atoms with Crippen molar-refractivity contribution in [2.24, 2.45) is 0 Å². The van der Waals surface area contributed by atoms with Crippen LogP contribution in [0, 0.1) is 0 Å². The van der Waals surface area contributed by atoms with E-state index in [0.29, 0.717) is 16.5 Å². The lowest BCUT2D eigenvalue weighted by Gasteiger charge is -2.12. The first-order valence-electron chi connectivity index (χ1n) is 7.23. The second-order valence-electron chi connectivity index (χ2n) is 5.50. The maximum Gasteiger partial charge on any atom is 0.277 e. The molecule has 0 aliphatic heterocycles. The zero-order valence-electron chi connectivity index (χ0n) is 13.2. The predicted octanol–water partition coefficient (Wildman–Crippen LogP) is 1.09. The molecule has 0 fully saturated rings. The van der Waals surface area contributed by atoms with Crippen molar-refractivity contribution in [3.05, 3.63) is 64.4 Å². The molecule has 0 saturated heterocycles. The first-order chi connectivity index (χ1) is 11.4. The van der Waals surface area contributed by atoms with Crippen LogP contribution >= 0.6 is 0 Å². The van der Waals surface area contributed by atoms with Gasteiger partial charge in [0.15, 0.2) is 0 Å². The van der Waals surface area contributed by atoms with E-state index in [4.69, 9.17) is 0 Å². The molecule has 0 aliphatic carbocycles. The zero-order valence-corrected chi connectivity index (χ0v) is 14.1. The van der Waals surface area contributed by atoms with E-state index in [0.717, 1.165) is 4.31 Å². The highest BCUT2D eigenvalue weighted by Crippen LogP contribution is 2.15. The fourth-order valence-electron chi connectivity index (χ4n) is 2.31. The topological polar surface area (TPSA) is 85.2 Å². The molecule has 2 aromatic carbocycles. The van der Waals surface area contributed by atoms with Crippen molar-refractivity contribution < 1.29 is 8.42 Å². The van der Waals surface area contributed by atoms with Crippen LogP contribution in [0.4, 0.5) is 0 Å². The van der Waals surface area contributed by atoms with Crippen LogP contribution in [0.25, 0.3) is 10.9 Å². The molecular formula is C16H16N4O3S. The van der Waals surface area contributed by atoms with Crippen LogP contribution in [0.2, 0.25) is 0 Å². The summed E-state index contributed by atoms with van der Waals surface area (Å²) in [7, 11) is -0.580. The summed E-state index contributed by atoms with van der Waals surface area (Å²) in [6.45, 7) is 0.146. The van der Waals surface area contributed by atoms with Crippen LogP contribution in [-0.4, -0.2) is 41.8 Å². The Kier molecular flexibility index (Phi) is 4.16. The van der Waals surface area contributed by atoms with Gasteiger partial charge in [-0.15, -0.1) is 5.10 Å². The van der Waals surface area contributed by atoms with Crippen LogP contribution in [0.15, 0.2) is 58.2 Å². The average Bonchev–Trinajstić information content (AvgIpc) is 2.58. The van der Waals surface area contributed by atoms with Crippen LogP contribution in [-0.2, 0) is 16.6 Å². The van der Waals surface area contributed by atoms with Gasteiger partial charge in [0.05, 0.1) is 16.8 Å². The van der Waals surface area contributed by atoms with E-state index in [1.807, 2.05) is 0 Å². The third-order valence-corrected chi connectivity index (χ3v) is 5.45. The maximum absolute atomic E-state index is 12.5. The van der Waals surface area contributed by atoms with E-state index >= 15 is 0 Å². The molecule has 0 atom stereocenters. The SMILES string of the molecule is CN(C)S(=O)(=O)c1cccc(Cn2nnc3ccccc3c2=O)c1. The molecule has 0 N–H and O–H groups in total. The number of aromatic nitrogens is 3. The Labute approximate surface area is 139 Å². The summed E-state index contributed by atoms with van der Waals surface area (Å²) in [5.74, 6) is 0. The molecular weight excluding hydrogens is 328 g/mol. The number of fused-ring (bicyclic) bond motifs is 1. The summed E-state index contributed by atoms with van der Waals surface area (Å²) in [5, 5.41) is 8.42. The van der Waals surface area contributed by atoms with Crippen molar-refractivity contribution in [1.82, 2.24) is 19.3 Å². The standard InChI is InChI=1S/C16H16N4O3S/c1-19(2)24(22,23)13-7-5-6-12(10-13)11-20-16(21)14-8-3-4-9-15(14)17-18-20/h3-10H,11H2,1-2H3. The fraction of sp³-hybridized carbons (Fsp3) is 0.188. The lowest BCUT2D eigenvalue weighted by Crippen LogP contribution is -2.25. The number of nitrogens with zero attached hydrogens (tertiary/aromatic N) is 4. The number of hydrogen-bond donors (Lipinski definition) is 0. The van der Waals surface area contributed by atoms with Crippen molar-refractivity contribution in [3.8, 4) is 0 Å². The largest absolute Gasteiger partial charge is 0.277 e. The maximum atomic E-state index is 12.5. The Morgan fingerprint density at radius 1 is 1.08 bits per heavy atom. The van der Waals surface area contributed by atoms with Crippen LogP contribution in [0.1, 0.15) is 5.56 Å². The van der Waals surface area contributed by atoms with Gasteiger partial charge in [-0.25, -0.2) is 17.4 Å². The number of rotatable bonds is 4.